The molecule has 0 spiro atoms. The number of nitrogens with one attached hydrogen (secondary N) is 2. The predicted octanol–water partition coefficient (Wildman–Crippen LogP) is 10.5. The number of hydrogen-bond acceptors (Lipinski definition) is 7. The third-order valence-corrected chi connectivity index (χ3v) is 12.6. The number of benzene rings is 3. The summed E-state index contributed by atoms with van der Waals surface area (Å²) in [6.45, 7) is 24.3. The maximum absolute atomic E-state index is 14.3. The van der Waals surface area contributed by atoms with Crippen LogP contribution in [0.3, 0.4) is 0 Å². The summed E-state index contributed by atoms with van der Waals surface area (Å²) in [5.41, 5.74) is 8.74. The average molecular weight is 759 g/mol. The predicted molar refractivity (Wildman–Crippen MR) is 219 cm³/mol. The van der Waals surface area contributed by atoms with Crippen molar-refractivity contribution in [3.63, 3.8) is 0 Å². The Kier molecular flexibility index (Phi) is 10.7. The van der Waals surface area contributed by atoms with Crippen LogP contribution < -0.4 is 10.2 Å². The first-order valence-corrected chi connectivity index (χ1v) is 20.1. The van der Waals surface area contributed by atoms with Crippen LogP contribution in [0.25, 0.3) is 21.9 Å². The maximum atomic E-state index is 14.3. The molecule has 1 aliphatic carbocycles. The molecule has 0 bridgehead atoms. The van der Waals surface area contributed by atoms with Crippen molar-refractivity contribution in [1.29, 1.82) is 0 Å². The Hall–Kier alpha value is -5.21. The van der Waals surface area contributed by atoms with Gasteiger partial charge in [0, 0.05) is 29.2 Å². The number of aliphatic carboxylic acids is 1. The van der Waals surface area contributed by atoms with Gasteiger partial charge in [-0.3, -0.25) is 9.89 Å². The normalized spacial score (nSPS) is 20.4. The molecule has 7 rings (SSSR count). The molecule has 3 N–H and O–H groups in total. The van der Waals surface area contributed by atoms with Gasteiger partial charge in [0.15, 0.2) is 11.5 Å². The minimum Gasteiger partial charge on any atom is -0.481 e. The lowest BCUT2D eigenvalue weighted by Crippen LogP contribution is -2.37. The Balaban J connectivity index is 1.34. The largest absolute Gasteiger partial charge is 0.481 e. The molecule has 2 aromatic heterocycles. The zero-order valence-electron chi connectivity index (χ0n) is 32.7. The van der Waals surface area contributed by atoms with Gasteiger partial charge < -0.3 is 20.1 Å². The molecule has 11 heteroatoms. The molecule has 1 aliphatic heterocycles. The van der Waals surface area contributed by atoms with Crippen molar-refractivity contribution < 1.29 is 19.4 Å². The highest BCUT2D eigenvalue weighted by molar-refractivity contribution is 7.99. The fourth-order valence-corrected chi connectivity index (χ4v) is 9.61. The van der Waals surface area contributed by atoms with Gasteiger partial charge in [0.25, 0.3) is 0 Å². The molecule has 286 valence electrons. The van der Waals surface area contributed by atoms with E-state index in [9.17, 15) is 14.7 Å². The van der Waals surface area contributed by atoms with Gasteiger partial charge in [0.2, 0.25) is 5.69 Å². The highest BCUT2D eigenvalue weighted by atomic mass is 32.2. The number of carbonyl (C=O) groups excluding carboxylic acids is 1. The van der Waals surface area contributed by atoms with Crippen molar-refractivity contribution in [2.45, 2.75) is 90.2 Å². The highest BCUT2D eigenvalue weighted by Crippen LogP contribution is 2.45. The number of carbonyl (C=O) groups is 2. The lowest BCUT2D eigenvalue weighted by atomic mass is 9.75. The van der Waals surface area contributed by atoms with E-state index in [0.29, 0.717) is 48.3 Å². The van der Waals surface area contributed by atoms with Crippen LogP contribution in [-0.4, -0.2) is 50.8 Å². The first-order chi connectivity index (χ1) is 26.3. The molecule has 2 fully saturated rings. The average Bonchev–Trinajstić information content (AvgIpc) is 3.70. The number of carboxylic acid groups (broad SMARTS) is 1. The van der Waals surface area contributed by atoms with Crippen LogP contribution in [0.15, 0.2) is 64.5 Å². The van der Waals surface area contributed by atoms with Gasteiger partial charge in [-0.25, -0.2) is 19.1 Å². The minimum atomic E-state index is -0.741. The van der Waals surface area contributed by atoms with Crippen molar-refractivity contribution in [2.24, 2.45) is 23.7 Å². The van der Waals surface area contributed by atoms with Crippen molar-refractivity contribution in [3.8, 4) is 11.4 Å². The summed E-state index contributed by atoms with van der Waals surface area (Å²) in [4.78, 5) is 38.3. The maximum Gasteiger partial charge on any atom is 0.331 e. The fourth-order valence-electron chi connectivity index (χ4n) is 8.46. The van der Waals surface area contributed by atoms with Gasteiger partial charge in [-0.15, -0.1) is 0 Å². The number of aryl methyl sites for hydroxylation is 4. The number of esters is 1. The number of ether oxygens (including phenoxy) is 1. The lowest BCUT2D eigenvalue weighted by Gasteiger charge is -2.37. The molecule has 2 unspecified atom stereocenters. The Morgan fingerprint density at radius 2 is 1.60 bits per heavy atom. The molecule has 55 heavy (non-hydrogen) atoms. The Labute approximate surface area is 327 Å². The van der Waals surface area contributed by atoms with Gasteiger partial charge >= 0.3 is 11.9 Å². The van der Waals surface area contributed by atoms with Gasteiger partial charge in [-0.1, -0.05) is 56.8 Å². The van der Waals surface area contributed by atoms with Crippen LogP contribution in [0.4, 0.5) is 22.7 Å². The Morgan fingerprint density at radius 3 is 2.27 bits per heavy atom. The van der Waals surface area contributed by atoms with Crippen LogP contribution >= 0.6 is 11.8 Å². The zero-order valence-corrected chi connectivity index (χ0v) is 33.5. The molecule has 1 saturated heterocycles. The summed E-state index contributed by atoms with van der Waals surface area (Å²) in [6, 6.07) is 18.6. The highest BCUT2D eigenvalue weighted by Gasteiger charge is 2.37. The van der Waals surface area contributed by atoms with Crippen LogP contribution in [-0.2, 0) is 9.53 Å². The summed E-state index contributed by atoms with van der Waals surface area (Å²) in [6.07, 6.45) is 2.86. The number of carboxylic acids is 1. The molecule has 10 nitrogen and oxygen atoms in total. The number of H-pyrrole nitrogens is 1. The van der Waals surface area contributed by atoms with Crippen molar-refractivity contribution >= 4 is 52.1 Å². The molecule has 3 aromatic carbocycles. The molecule has 2 aliphatic rings. The summed E-state index contributed by atoms with van der Waals surface area (Å²) < 4.78 is 8.09. The number of nitrogens with zero attached hydrogens (tertiary/aromatic N) is 4. The van der Waals surface area contributed by atoms with E-state index in [1.54, 1.807) is 4.52 Å². The summed E-state index contributed by atoms with van der Waals surface area (Å²) in [7, 11) is 0. The third-order valence-electron chi connectivity index (χ3n) is 11.4. The molecule has 3 heterocycles. The first kappa shape index (κ1) is 38.1. The van der Waals surface area contributed by atoms with Crippen molar-refractivity contribution in [1.82, 2.24) is 14.6 Å². The smallest absolute Gasteiger partial charge is 0.331 e. The van der Waals surface area contributed by atoms with Gasteiger partial charge in [0.05, 0.1) is 23.9 Å². The molecule has 0 radical (unpaired) electrons. The van der Waals surface area contributed by atoms with Crippen LogP contribution in [0, 0.1) is 57.9 Å². The lowest BCUT2D eigenvalue weighted by molar-refractivity contribution is -0.142. The summed E-state index contributed by atoms with van der Waals surface area (Å²) in [5, 5.41) is 17.4. The molecule has 2 atom stereocenters. The van der Waals surface area contributed by atoms with E-state index in [-0.39, 0.29) is 35.1 Å². The summed E-state index contributed by atoms with van der Waals surface area (Å²) >= 11 is 1.44. The van der Waals surface area contributed by atoms with E-state index in [4.69, 9.17) is 16.3 Å². The zero-order chi connectivity index (χ0) is 39.1. The fraction of sp³-hybridized carbons (Fsp3) is 0.409. The second-order valence-electron chi connectivity index (χ2n) is 15.9. The van der Waals surface area contributed by atoms with E-state index >= 15 is 0 Å². The van der Waals surface area contributed by atoms with Crippen LogP contribution in [0.2, 0.25) is 0 Å². The van der Waals surface area contributed by atoms with E-state index in [0.717, 1.165) is 62.6 Å². The van der Waals surface area contributed by atoms with E-state index in [2.05, 4.69) is 103 Å². The van der Waals surface area contributed by atoms with Gasteiger partial charge in [0.1, 0.15) is 16.7 Å². The van der Waals surface area contributed by atoms with Gasteiger partial charge in [-0.05, 0) is 124 Å². The monoisotopic (exact) mass is 758 g/mol. The standard InChI is InChI=1S/C44H50N6O4S/c1-24-9-11-27(4)33(21-24)46-34-23-32(13-14-35(34)49-17-15-31(16-18-49)43(51)52)40-47-41-37(44(53)54-39-29(6)19-26(3)20-30(39)7)38(45-8)42(50(41)48-40)55-36-22-25(2)10-12-28(36)5/h9-14,21-23,26,29-31,39,46H,15-20H2,1-7H3,(H,47,48)(H,51,52). The number of hydrogen-bond donors (Lipinski definition) is 3. The second kappa shape index (κ2) is 15.5. The number of anilines is 3. The number of rotatable bonds is 9. The molecule has 0 amide bonds. The van der Waals surface area contributed by atoms with Crippen LogP contribution in [0.1, 0.15) is 79.1 Å². The SMILES string of the molecule is [C-]#[N+]c1c(C(=O)OC2C(C)CC(C)CC2C)c2nc(-c3ccc(N4CCC(C(=O)O)CC4)c(Nc4cc(C)ccc4C)c3)[nH]n2c1Sc1cc(C)ccc1C. The first-order valence-electron chi connectivity index (χ1n) is 19.3. The Bertz CT molecular complexity index is 2300. The second-order valence-corrected chi connectivity index (χ2v) is 16.9. The number of piperidine rings is 1. The number of aromatic nitrogens is 3. The van der Waals surface area contributed by atoms with Gasteiger partial charge in [-0.2, -0.15) is 0 Å². The van der Waals surface area contributed by atoms with E-state index < -0.39 is 11.9 Å². The topological polar surface area (TPSA) is 116 Å². The molecule has 5 aromatic rings. The van der Waals surface area contributed by atoms with Crippen LogP contribution in [0.5, 0.6) is 0 Å². The molecular formula is C44H50N6O4S. The van der Waals surface area contributed by atoms with Crippen molar-refractivity contribution in [2.75, 3.05) is 23.3 Å². The third kappa shape index (κ3) is 7.70. The number of fused-ring (bicyclic) bond motifs is 1. The Morgan fingerprint density at radius 1 is 0.927 bits per heavy atom. The minimum absolute atomic E-state index is 0.176. The molecular weight excluding hydrogens is 709 g/mol. The van der Waals surface area contributed by atoms with E-state index in [1.807, 2.05) is 19.9 Å². The number of aromatic amines is 1. The summed E-state index contributed by atoms with van der Waals surface area (Å²) in [5.74, 6) is -0.106. The molecule has 1 saturated carbocycles. The quantitative estimate of drug-likeness (QED) is 0.100. The van der Waals surface area contributed by atoms with E-state index in [1.165, 1.54) is 11.8 Å². The van der Waals surface area contributed by atoms with Crippen molar-refractivity contribution in [3.05, 3.63) is 93.8 Å².